The summed E-state index contributed by atoms with van der Waals surface area (Å²) in [6.07, 6.45) is 7.20. The lowest BCUT2D eigenvalue weighted by atomic mass is 9.95. The van der Waals surface area contributed by atoms with Crippen molar-refractivity contribution in [2.24, 2.45) is 0 Å². The number of sulfonamides is 1. The van der Waals surface area contributed by atoms with Crippen molar-refractivity contribution in [1.82, 2.24) is 10.2 Å². The normalized spacial score (nSPS) is 15.0. The summed E-state index contributed by atoms with van der Waals surface area (Å²) >= 11 is 12.4. The van der Waals surface area contributed by atoms with E-state index < -0.39 is 16.1 Å². The number of carbonyl (C=O) groups excluding carboxylic acids is 2. The van der Waals surface area contributed by atoms with Gasteiger partial charge in [-0.05, 0) is 56.4 Å². The molecule has 0 heterocycles. The lowest BCUT2D eigenvalue weighted by Gasteiger charge is -2.33. The van der Waals surface area contributed by atoms with E-state index in [9.17, 15) is 18.0 Å². The third kappa shape index (κ3) is 9.12. The largest absolute Gasteiger partial charge is 0.352 e. The number of carbonyl (C=O) groups is 2. The van der Waals surface area contributed by atoms with Crippen molar-refractivity contribution in [3.05, 3.63) is 63.6 Å². The topological polar surface area (TPSA) is 86.8 Å². The molecule has 3 rings (SSSR count). The van der Waals surface area contributed by atoms with Gasteiger partial charge in [0, 0.05) is 30.6 Å². The molecule has 0 radical (unpaired) electrons. The molecule has 1 fully saturated rings. The van der Waals surface area contributed by atoms with Crippen molar-refractivity contribution in [2.45, 2.75) is 83.8 Å². The van der Waals surface area contributed by atoms with E-state index >= 15 is 0 Å². The standard InChI is InChI=1S/C29H39Cl2N3O4S/c1-4-26(29(36)32-24-9-6-5-7-10-24)33(20-22-14-12-21(2)13-15-22)28(35)11-8-18-34(39(3,37)38)27-19-23(30)16-17-25(27)31/h12-17,19,24,26H,4-11,18,20H2,1-3H3,(H,32,36)/t26-/m0/s1. The first-order valence-corrected chi connectivity index (χ1v) is 16.2. The molecule has 0 unspecified atom stereocenters. The van der Waals surface area contributed by atoms with Crippen LogP contribution < -0.4 is 9.62 Å². The molecule has 1 aliphatic rings. The van der Waals surface area contributed by atoms with Crippen molar-refractivity contribution in [3.8, 4) is 0 Å². The minimum Gasteiger partial charge on any atom is -0.352 e. The summed E-state index contributed by atoms with van der Waals surface area (Å²) in [5, 5.41) is 3.79. The Hall–Kier alpha value is -2.29. The van der Waals surface area contributed by atoms with Gasteiger partial charge >= 0.3 is 0 Å². The van der Waals surface area contributed by atoms with Crippen LogP contribution in [-0.2, 0) is 26.2 Å². The highest BCUT2D eigenvalue weighted by Gasteiger charge is 2.30. The summed E-state index contributed by atoms with van der Waals surface area (Å²) < 4.78 is 26.3. The van der Waals surface area contributed by atoms with Gasteiger partial charge in [-0.15, -0.1) is 0 Å². The maximum absolute atomic E-state index is 13.6. The van der Waals surface area contributed by atoms with Crippen LogP contribution in [0.25, 0.3) is 0 Å². The number of aryl methyl sites for hydroxylation is 1. The Morgan fingerprint density at radius 1 is 1.05 bits per heavy atom. The molecule has 1 saturated carbocycles. The van der Waals surface area contributed by atoms with Crippen LogP contribution in [0.1, 0.15) is 69.4 Å². The molecule has 1 atom stereocenters. The highest BCUT2D eigenvalue weighted by atomic mass is 35.5. The van der Waals surface area contributed by atoms with Gasteiger partial charge in [0.15, 0.2) is 0 Å². The zero-order valence-corrected chi connectivity index (χ0v) is 25.3. The Morgan fingerprint density at radius 2 is 1.72 bits per heavy atom. The first-order valence-electron chi connectivity index (χ1n) is 13.6. The van der Waals surface area contributed by atoms with Gasteiger partial charge in [0.05, 0.1) is 17.0 Å². The van der Waals surface area contributed by atoms with Crippen LogP contribution in [0.15, 0.2) is 42.5 Å². The maximum Gasteiger partial charge on any atom is 0.243 e. The van der Waals surface area contributed by atoms with E-state index in [1.54, 1.807) is 17.0 Å². The van der Waals surface area contributed by atoms with Gasteiger partial charge in [-0.3, -0.25) is 13.9 Å². The van der Waals surface area contributed by atoms with Gasteiger partial charge in [-0.1, -0.05) is 79.2 Å². The Balaban J connectivity index is 1.77. The molecule has 2 amide bonds. The molecule has 0 saturated heterocycles. The number of benzene rings is 2. The quantitative estimate of drug-likeness (QED) is 0.321. The second-order valence-corrected chi connectivity index (χ2v) is 13.1. The Bertz CT molecular complexity index is 1230. The Morgan fingerprint density at radius 3 is 2.33 bits per heavy atom. The average molecular weight is 597 g/mol. The third-order valence-electron chi connectivity index (χ3n) is 7.14. The molecule has 10 heteroatoms. The van der Waals surface area contributed by atoms with Crippen LogP contribution in [-0.4, -0.2) is 50.0 Å². The average Bonchev–Trinajstić information content (AvgIpc) is 2.89. The van der Waals surface area contributed by atoms with Gasteiger partial charge in [0.2, 0.25) is 21.8 Å². The van der Waals surface area contributed by atoms with Crippen molar-refractivity contribution < 1.29 is 18.0 Å². The number of amides is 2. The van der Waals surface area contributed by atoms with E-state index in [0.29, 0.717) is 18.0 Å². The fraction of sp³-hybridized carbons (Fsp3) is 0.517. The van der Waals surface area contributed by atoms with Crippen LogP contribution in [0, 0.1) is 6.92 Å². The number of nitrogens with one attached hydrogen (secondary N) is 1. The fourth-order valence-electron chi connectivity index (χ4n) is 5.01. The minimum atomic E-state index is -3.68. The number of rotatable bonds is 12. The molecular weight excluding hydrogens is 557 g/mol. The van der Waals surface area contributed by atoms with Gasteiger partial charge in [-0.25, -0.2) is 8.42 Å². The van der Waals surface area contributed by atoms with Gasteiger partial charge in [0.1, 0.15) is 6.04 Å². The molecule has 39 heavy (non-hydrogen) atoms. The molecule has 7 nitrogen and oxygen atoms in total. The van der Waals surface area contributed by atoms with Gasteiger partial charge in [0.25, 0.3) is 0 Å². The molecule has 0 aromatic heterocycles. The summed E-state index contributed by atoms with van der Waals surface area (Å²) in [6, 6.07) is 12.1. The summed E-state index contributed by atoms with van der Waals surface area (Å²) in [7, 11) is -3.68. The predicted molar refractivity (Wildman–Crippen MR) is 159 cm³/mol. The second-order valence-electron chi connectivity index (χ2n) is 10.3. The lowest BCUT2D eigenvalue weighted by molar-refractivity contribution is -0.141. The zero-order chi connectivity index (χ0) is 28.6. The lowest BCUT2D eigenvalue weighted by Crippen LogP contribution is -2.51. The number of hydrogen-bond acceptors (Lipinski definition) is 4. The summed E-state index contributed by atoms with van der Waals surface area (Å²) in [5.74, 6) is -0.333. The van der Waals surface area contributed by atoms with Crippen molar-refractivity contribution in [1.29, 1.82) is 0 Å². The predicted octanol–water partition coefficient (Wildman–Crippen LogP) is 6.10. The third-order valence-corrected chi connectivity index (χ3v) is 8.87. The maximum atomic E-state index is 13.6. The summed E-state index contributed by atoms with van der Waals surface area (Å²) in [4.78, 5) is 28.7. The van der Waals surface area contributed by atoms with E-state index in [-0.39, 0.29) is 48.0 Å². The molecule has 2 aromatic rings. The molecule has 2 aromatic carbocycles. The zero-order valence-electron chi connectivity index (χ0n) is 23.0. The highest BCUT2D eigenvalue weighted by Crippen LogP contribution is 2.31. The summed E-state index contributed by atoms with van der Waals surface area (Å²) in [6.45, 7) is 4.26. The molecule has 214 valence electrons. The molecule has 0 bridgehead atoms. The first-order chi connectivity index (χ1) is 18.5. The van der Waals surface area contributed by atoms with Crippen LogP contribution in [0.4, 0.5) is 5.69 Å². The number of anilines is 1. The highest BCUT2D eigenvalue weighted by molar-refractivity contribution is 7.92. The molecule has 1 N–H and O–H groups in total. The Labute approximate surface area is 242 Å². The SMILES string of the molecule is CC[C@@H](C(=O)NC1CCCCC1)N(Cc1ccc(C)cc1)C(=O)CCCN(c1cc(Cl)ccc1Cl)S(C)(=O)=O. The van der Waals surface area contributed by atoms with Crippen molar-refractivity contribution in [2.75, 3.05) is 17.1 Å². The monoisotopic (exact) mass is 595 g/mol. The molecule has 0 aliphatic heterocycles. The van der Waals surface area contributed by atoms with E-state index in [2.05, 4.69) is 5.32 Å². The minimum absolute atomic E-state index is 0.0497. The van der Waals surface area contributed by atoms with E-state index in [1.165, 1.54) is 16.8 Å². The summed E-state index contributed by atoms with van der Waals surface area (Å²) in [5.41, 5.74) is 2.31. The fourth-order valence-corrected chi connectivity index (χ4v) is 6.42. The van der Waals surface area contributed by atoms with Crippen LogP contribution >= 0.6 is 23.2 Å². The molecular formula is C29H39Cl2N3O4S. The van der Waals surface area contributed by atoms with Crippen molar-refractivity contribution >= 4 is 50.7 Å². The van der Waals surface area contributed by atoms with Crippen LogP contribution in [0.3, 0.4) is 0 Å². The van der Waals surface area contributed by atoms with E-state index in [0.717, 1.165) is 43.1 Å². The van der Waals surface area contributed by atoms with Gasteiger partial charge < -0.3 is 10.2 Å². The number of hydrogen-bond donors (Lipinski definition) is 1. The van der Waals surface area contributed by atoms with E-state index in [1.807, 2.05) is 38.1 Å². The smallest absolute Gasteiger partial charge is 0.243 e. The second kappa shape index (κ2) is 14.4. The van der Waals surface area contributed by atoms with Crippen LogP contribution in [0.2, 0.25) is 10.0 Å². The molecule has 1 aliphatic carbocycles. The van der Waals surface area contributed by atoms with Gasteiger partial charge in [-0.2, -0.15) is 0 Å². The first kappa shape index (κ1) is 31.2. The number of halogens is 2. The van der Waals surface area contributed by atoms with Crippen molar-refractivity contribution in [3.63, 3.8) is 0 Å². The van der Waals surface area contributed by atoms with E-state index in [4.69, 9.17) is 23.2 Å². The van der Waals surface area contributed by atoms with Crippen LogP contribution in [0.5, 0.6) is 0 Å². The Kier molecular flexibility index (Phi) is 11.5. The molecule has 0 spiro atoms. The number of nitrogens with zero attached hydrogens (tertiary/aromatic N) is 2.